The van der Waals surface area contributed by atoms with Gasteiger partial charge in [-0.2, -0.15) is 0 Å². The minimum atomic E-state index is -1.47. The fourth-order valence-electron chi connectivity index (χ4n) is 6.18. The molecule has 8 atom stereocenters. The number of rotatable bonds is 15. The zero-order valence-corrected chi connectivity index (χ0v) is 25.8. The number of benzene rings is 1. The number of aryl methyl sites for hydroxylation is 2. The highest BCUT2D eigenvalue weighted by Crippen LogP contribution is 2.41. The average molecular weight is 565 g/mol. The third-order valence-electron chi connectivity index (χ3n) is 8.97. The summed E-state index contributed by atoms with van der Waals surface area (Å²) in [5.74, 6) is 3.79. The van der Waals surface area contributed by atoms with Gasteiger partial charge >= 0.3 is 0 Å². The van der Waals surface area contributed by atoms with E-state index in [0.29, 0.717) is 5.75 Å². The van der Waals surface area contributed by atoms with E-state index in [1.54, 1.807) is 0 Å². The minimum Gasteiger partial charge on any atom is -0.487 e. The molecular formula is C33H56O7. The molecule has 7 heteroatoms. The van der Waals surface area contributed by atoms with Gasteiger partial charge in [-0.05, 0) is 80.5 Å². The molecule has 0 spiro atoms. The summed E-state index contributed by atoms with van der Waals surface area (Å²) in [6.45, 7) is 13.1. The Balaban J connectivity index is 1.45. The van der Waals surface area contributed by atoms with Crippen LogP contribution in [0.1, 0.15) is 110 Å². The molecule has 4 N–H and O–H groups in total. The number of aliphatic hydroxyl groups excluding tert-OH is 4. The minimum absolute atomic E-state index is 0.192. The van der Waals surface area contributed by atoms with Crippen molar-refractivity contribution in [2.24, 2.45) is 17.8 Å². The van der Waals surface area contributed by atoms with Gasteiger partial charge < -0.3 is 34.6 Å². The Bertz CT molecular complexity index is 903. The van der Waals surface area contributed by atoms with Crippen molar-refractivity contribution in [1.82, 2.24) is 0 Å². The Hall–Kier alpha value is -1.38. The Morgan fingerprint density at radius 3 is 2.15 bits per heavy atom. The summed E-state index contributed by atoms with van der Waals surface area (Å²) in [5, 5.41) is 39.9. The molecule has 0 unspecified atom stereocenters. The van der Waals surface area contributed by atoms with Crippen LogP contribution in [0.3, 0.4) is 0 Å². The van der Waals surface area contributed by atoms with E-state index in [4.69, 9.17) is 14.2 Å². The number of ether oxygens (including phenoxy) is 3. The van der Waals surface area contributed by atoms with Crippen molar-refractivity contribution in [3.8, 4) is 11.5 Å². The van der Waals surface area contributed by atoms with E-state index in [9.17, 15) is 20.4 Å². The second-order valence-electron chi connectivity index (χ2n) is 13.5. The summed E-state index contributed by atoms with van der Waals surface area (Å²) in [6.07, 6.45) is 6.77. The highest BCUT2D eigenvalue weighted by atomic mass is 16.7. The summed E-state index contributed by atoms with van der Waals surface area (Å²) in [6, 6.07) is 3.74. The van der Waals surface area contributed by atoms with Crippen LogP contribution >= 0.6 is 0 Å². The van der Waals surface area contributed by atoms with Crippen LogP contribution in [0.5, 0.6) is 11.5 Å². The Morgan fingerprint density at radius 2 is 1.52 bits per heavy atom. The fraction of sp³-hybridized carbons (Fsp3) is 0.818. The molecule has 40 heavy (non-hydrogen) atoms. The summed E-state index contributed by atoms with van der Waals surface area (Å²) in [5.41, 5.74) is 1.80. The van der Waals surface area contributed by atoms with E-state index < -0.39 is 37.3 Å². The van der Waals surface area contributed by atoms with E-state index in [1.807, 2.05) is 19.1 Å². The van der Waals surface area contributed by atoms with Crippen LogP contribution in [0.25, 0.3) is 0 Å². The van der Waals surface area contributed by atoms with Gasteiger partial charge in [-0.1, -0.05) is 72.6 Å². The first kappa shape index (κ1) is 33.1. The van der Waals surface area contributed by atoms with Crippen LogP contribution in [0, 0.1) is 24.7 Å². The van der Waals surface area contributed by atoms with Gasteiger partial charge in [-0.3, -0.25) is 0 Å². The molecule has 2 aliphatic rings. The van der Waals surface area contributed by atoms with Gasteiger partial charge in [0.25, 0.3) is 0 Å². The monoisotopic (exact) mass is 564 g/mol. The number of aliphatic hydroxyl groups is 4. The lowest BCUT2D eigenvalue weighted by molar-refractivity contribution is -0.277. The lowest BCUT2D eigenvalue weighted by Crippen LogP contribution is -2.60. The molecule has 7 nitrogen and oxygen atoms in total. The lowest BCUT2D eigenvalue weighted by atomic mass is 9.85. The van der Waals surface area contributed by atoms with Crippen LogP contribution in [0.2, 0.25) is 0 Å². The Kier molecular flexibility index (Phi) is 12.6. The number of fused-ring (bicyclic) bond motifs is 1. The van der Waals surface area contributed by atoms with Crippen molar-refractivity contribution in [2.75, 3.05) is 6.61 Å². The smallest absolute Gasteiger partial charge is 0.229 e. The van der Waals surface area contributed by atoms with Crippen molar-refractivity contribution < 1.29 is 34.6 Å². The highest BCUT2D eigenvalue weighted by Gasteiger charge is 2.45. The second kappa shape index (κ2) is 15.2. The molecule has 2 aliphatic heterocycles. The van der Waals surface area contributed by atoms with Gasteiger partial charge in [0.2, 0.25) is 6.29 Å². The van der Waals surface area contributed by atoms with Crippen molar-refractivity contribution in [1.29, 1.82) is 0 Å². The molecule has 0 radical (unpaired) electrons. The van der Waals surface area contributed by atoms with Crippen LogP contribution in [0.4, 0.5) is 0 Å². The molecule has 0 aromatic heterocycles. The van der Waals surface area contributed by atoms with E-state index in [2.05, 4.69) is 34.6 Å². The van der Waals surface area contributed by atoms with Crippen molar-refractivity contribution in [3.63, 3.8) is 0 Å². The van der Waals surface area contributed by atoms with Gasteiger partial charge in [0.15, 0.2) is 0 Å². The summed E-state index contributed by atoms with van der Waals surface area (Å²) < 4.78 is 18.0. The highest BCUT2D eigenvalue weighted by molar-refractivity contribution is 5.48. The van der Waals surface area contributed by atoms with Gasteiger partial charge in [0.05, 0.1) is 6.61 Å². The Labute approximate surface area is 242 Å². The van der Waals surface area contributed by atoms with Crippen molar-refractivity contribution in [3.05, 3.63) is 23.3 Å². The fourth-order valence-corrected chi connectivity index (χ4v) is 6.18. The maximum Gasteiger partial charge on any atom is 0.229 e. The van der Waals surface area contributed by atoms with Crippen LogP contribution < -0.4 is 9.47 Å². The first-order valence-corrected chi connectivity index (χ1v) is 15.7. The normalized spacial score (nSPS) is 30.0. The van der Waals surface area contributed by atoms with Gasteiger partial charge in [0, 0.05) is 0 Å². The zero-order valence-electron chi connectivity index (χ0n) is 25.8. The predicted octanol–water partition coefficient (Wildman–Crippen LogP) is 5.70. The molecular weight excluding hydrogens is 508 g/mol. The first-order valence-electron chi connectivity index (χ1n) is 15.7. The van der Waals surface area contributed by atoms with Crippen LogP contribution in [-0.4, -0.2) is 63.3 Å². The van der Waals surface area contributed by atoms with Crippen molar-refractivity contribution >= 4 is 0 Å². The molecule has 3 rings (SSSR count). The lowest BCUT2D eigenvalue weighted by Gasteiger charge is -2.40. The maximum atomic E-state index is 10.3. The molecule has 230 valence electrons. The molecule has 0 bridgehead atoms. The molecule has 2 heterocycles. The quantitative estimate of drug-likeness (QED) is 0.217. The van der Waals surface area contributed by atoms with Gasteiger partial charge in [0.1, 0.15) is 41.5 Å². The maximum absolute atomic E-state index is 10.3. The molecule has 1 saturated heterocycles. The standard InChI is InChI=1S/C33H56O7/c1-21(2)10-7-11-22(3)12-8-13-23(4)14-9-16-33(6)17-15-25-19-26(18-24(5)31(25)40-33)38-32-30(37)29(36)28(35)27(20-34)39-32/h18-19,21-23,27-30,32,34-37H,7-17,20H2,1-6H3/t22-,23-,27+,28+,29-,30+,32+,33-/m0/s1. The molecule has 1 aromatic carbocycles. The zero-order chi connectivity index (χ0) is 29.4. The first-order chi connectivity index (χ1) is 18.9. The summed E-state index contributed by atoms with van der Waals surface area (Å²) >= 11 is 0. The largest absolute Gasteiger partial charge is 0.487 e. The molecule has 1 aromatic rings. The van der Waals surface area contributed by atoms with Crippen molar-refractivity contribution in [2.45, 2.75) is 148 Å². The third-order valence-corrected chi connectivity index (χ3v) is 8.97. The number of hydrogen-bond acceptors (Lipinski definition) is 7. The molecule has 0 amide bonds. The second-order valence-corrected chi connectivity index (χ2v) is 13.5. The third kappa shape index (κ3) is 9.32. The molecule has 1 fully saturated rings. The summed E-state index contributed by atoms with van der Waals surface area (Å²) in [7, 11) is 0. The van der Waals surface area contributed by atoms with E-state index in [1.165, 1.54) is 44.9 Å². The topological polar surface area (TPSA) is 109 Å². The van der Waals surface area contributed by atoms with E-state index in [-0.39, 0.29) is 5.60 Å². The van der Waals surface area contributed by atoms with Crippen LogP contribution in [-0.2, 0) is 11.2 Å². The molecule has 0 aliphatic carbocycles. The summed E-state index contributed by atoms with van der Waals surface area (Å²) in [4.78, 5) is 0. The average Bonchev–Trinajstić information content (AvgIpc) is 2.89. The SMILES string of the molecule is Cc1cc(O[C@@H]2O[C@H](CO)[C@@H](O)[C@H](O)[C@H]2O)cc2c1O[C@@](C)(CCC[C@@H](C)CCC[C@@H](C)CCCC(C)C)CC2. The van der Waals surface area contributed by atoms with Gasteiger partial charge in [-0.15, -0.1) is 0 Å². The Morgan fingerprint density at radius 1 is 0.900 bits per heavy atom. The predicted molar refractivity (Wildman–Crippen MR) is 158 cm³/mol. The van der Waals surface area contributed by atoms with Crippen LogP contribution in [0.15, 0.2) is 12.1 Å². The van der Waals surface area contributed by atoms with E-state index >= 15 is 0 Å². The van der Waals surface area contributed by atoms with Gasteiger partial charge in [-0.25, -0.2) is 0 Å². The molecule has 0 saturated carbocycles. The van der Waals surface area contributed by atoms with E-state index in [0.717, 1.165) is 60.3 Å². The number of hydrogen-bond donors (Lipinski definition) is 4.